The Morgan fingerprint density at radius 3 is 2.96 bits per heavy atom. The number of carbonyl (C=O) groups excluding carboxylic acids is 1. The second-order valence-corrected chi connectivity index (χ2v) is 6.92. The molecule has 2 N–H and O–H groups in total. The Labute approximate surface area is 149 Å². The predicted molar refractivity (Wildman–Crippen MR) is 95.4 cm³/mol. The van der Waals surface area contributed by atoms with Crippen LogP contribution in [0.3, 0.4) is 0 Å². The third-order valence-corrected chi connectivity index (χ3v) is 4.59. The minimum Gasteiger partial charge on any atom is -0.341 e. The smallest absolute Gasteiger partial charge is 0.262 e. The number of carbonyl (C=O) groups is 1. The van der Waals surface area contributed by atoms with Gasteiger partial charge in [-0.05, 0) is 25.0 Å². The monoisotopic (exact) mass is 387 g/mol. The van der Waals surface area contributed by atoms with E-state index in [1.165, 1.54) is 0 Å². The number of likely N-dealkylation sites (tertiary alicyclic amines) is 1. The third kappa shape index (κ3) is 3.35. The molecule has 0 saturated carbocycles. The number of aliphatic imine (C=N–C) groups is 1. The zero-order chi connectivity index (χ0) is 17.1. The Balaban J connectivity index is 1.93. The molecule has 1 aromatic carbocycles. The van der Waals surface area contributed by atoms with Crippen molar-refractivity contribution in [1.29, 1.82) is 5.26 Å². The molecule has 0 radical (unpaired) electrons. The van der Waals surface area contributed by atoms with Gasteiger partial charge in [0.15, 0.2) is 0 Å². The van der Waals surface area contributed by atoms with Crippen molar-refractivity contribution in [3.05, 3.63) is 46.1 Å². The lowest BCUT2D eigenvalue weighted by atomic mass is 10.1. The summed E-state index contributed by atoms with van der Waals surface area (Å²) in [5.41, 5.74) is 6.82. The maximum absolute atomic E-state index is 13.0. The van der Waals surface area contributed by atoms with Gasteiger partial charge < -0.3 is 10.6 Å². The maximum atomic E-state index is 13.0. The Morgan fingerprint density at radius 1 is 1.42 bits per heavy atom. The average Bonchev–Trinajstić information content (AvgIpc) is 2.61. The van der Waals surface area contributed by atoms with Crippen LogP contribution in [-0.4, -0.2) is 47.3 Å². The number of guanidine groups is 1. The first-order valence-corrected chi connectivity index (χ1v) is 8.63. The van der Waals surface area contributed by atoms with Crippen LogP contribution in [-0.2, 0) is 0 Å². The van der Waals surface area contributed by atoms with Gasteiger partial charge in [0.25, 0.3) is 5.91 Å². The van der Waals surface area contributed by atoms with Gasteiger partial charge in [-0.1, -0.05) is 28.1 Å². The van der Waals surface area contributed by atoms with Crippen LogP contribution in [0.25, 0.3) is 0 Å². The highest BCUT2D eigenvalue weighted by molar-refractivity contribution is 9.11. The minimum atomic E-state index is -0.227. The summed E-state index contributed by atoms with van der Waals surface area (Å²) < 4.78 is 0.815. The Kier molecular flexibility index (Phi) is 4.97. The highest BCUT2D eigenvalue weighted by Gasteiger charge is 2.31. The average molecular weight is 388 g/mol. The third-order valence-electron chi connectivity index (χ3n) is 4.13. The lowest BCUT2D eigenvalue weighted by Crippen LogP contribution is -2.54. The molecule has 0 aliphatic carbocycles. The van der Waals surface area contributed by atoms with E-state index in [-0.39, 0.29) is 11.9 Å². The van der Waals surface area contributed by atoms with Gasteiger partial charge in [-0.3, -0.25) is 9.69 Å². The molecule has 7 heteroatoms. The first-order valence-electron chi connectivity index (χ1n) is 7.84. The summed E-state index contributed by atoms with van der Waals surface area (Å²) in [4.78, 5) is 21.2. The molecule has 0 aromatic heterocycles. The van der Waals surface area contributed by atoms with Crippen LogP contribution in [0.1, 0.15) is 28.8 Å². The fourth-order valence-corrected chi connectivity index (χ4v) is 3.33. The van der Waals surface area contributed by atoms with E-state index in [1.807, 2.05) is 0 Å². The lowest BCUT2D eigenvalue weighted by molar-refractivity contribution is 0.0835. The van der Waals surface area contributed by atoms with Crippen molar-refractivity contribution in [1.82, 2.24) is 9.80 Å². The van der Waals surface area contributed by atoms with Crippen LogP contribution in [0.2, 0.25) is 0 Å². The molecule has 2 aliphatic rings. The maximum Gasteiger partial charge on any atom is 0.262 e. The quantitative estimate of drug-likeness (QED) is 0.798. The molecule has 2 aliphatic heterocycles. The van der Waals surface area contributed by atoms with Gasteiger partial charge in [0.1, 0.15) is 0 Å². The Hall–Kier alpha value is -2.17. The van der Waals surface area contributed by atoms with E-state index < -0.39 is 0 Å². The highest BCUT2D eigenvalue weighted by atomic mass is 79.9. The Bertz CT molecular complexity index is 752. The molecule has 1 fully saturated rings. The molecule has 1 aromatic rings. The van der Waals surface area contributed by atoms with E-state index in [4.69, 9.17) is 5.73 Å². The van der Waals surface area contributed by atoms with Crippen molar-refractivity contribution in [3.63, 3.8) is 0 Å². The summed E-state index contributed by atoms with van der Waals surface area (Å²) in [7, 11) is 0. The largest absolute Gasteiger partial charge is 0.341 e. The topological polar surface area (TPSA) is 85.7 Å². The number of piperidine rings is 1. The van der Waals surface area contributed by atoms with E-state index >= 15 is 0 Å². The van der Waals surface area contributed by atoms with Crippen LogP contribution < -0.4 is 5.73 Å². The number of nitrogens with zero attached hydrogens (tertiary/aromatic N) is 4. The standard InChI is InChI=1S/C17H18BrN5O/c18-13-9-21-17(22-7-3-5-14(20)11-22)23(10-13)16(24)15-6-2-1-4-12(15)8-19/h1-2,4,6,9,14H,3,5,7,10-11,20H2/t14-/m1/s1. The zero-order valence-corrected chi connectivity index (χ0v) is 14.7. The second-order valence-electron chi connectivity index (χ2n) is 5.90. The van der Waals surface area contributed by atoms with Gasteiger partial charge in [0, 0.05) is 29.8 Å². The molecule has 1 amide bonds. The van der Waals surface area contributed by atoms with Crippen LogP contribution in [0, 0.1) is 11.3 Å². The zero-order valence-electron chi connectivity index (χ0n) is 13.2. The van der Waals surface area contributed by atoms with E-state index in [0.717, 1.165) is 23.9 Å². The fourth-order valence-electron chi connectivity index (χ4n) is 2.98. The fraction of sp³-hybridized carbons (Fsp3) is 0.353. The number of hydrogen-bond donors (Lipinski definition) is 1. The summed E-state index contributed by atoms with van der Waals surface area (Å²) in [6.07, 6.45) is 3.67. The van der Waals surface area contributed by atoms with Crippen molar-refractivity contribution < 1.29 is 4.79 Å². The molecule has 2 heterocycles. The molecule has 0 bridgehead atoms. The minimum absolute atomic E-state index is 0.0825. The molecule has 3 rings (SSSR count). The van der Waals surface area contributed by atoms with Crippen LogP contribution in [0.4, 0.5) is 0 Å². The highest BCUT2D eigenvalue weighted by Crippen LogP contribution is 2.21. The van der Waals surface area contributed by atoms with Crippen molar-refractivity contribution >= 4 is 27.8 Å². The molecule has 124 valence electrons. The predicted octanol–water partition coefficient (Wildman–Crippen LogP) is 2.03. The number of nitriles is 1. The van der Waals surface area contributed by atoms with Gasteiger partial charge in [-0.15, -0.1) is 0 Å². The number of halogens is 1. The molecule has 1 atom stereocenters. The first kappa shape index (κ1) is 16.7. The number of hydrogen-bond acceptors (Lipinski definition) is 5. The molecular formula is C17H18BrN5O. The van der Waals surface area contributed by atoms with Crippen molar-refractivity contribution in [2.75, 3.05) is 19.6 Å². The lowest BCUT2D eigenvalue weighted by Gasteiger charge is -2.38. The number of rotatable bonds is 1. The number of amides is 1. The van der Waals surface area contributed by atoms with Crippen molar-refractivity contribution in [2.24, 2.45) is 10.7 Å². The molecule has 0 unspecified atom stereocenters. The van der Waals surface area contributed by atoms with Gasteiger partial charge in [-0.25, -0.2) is 4.99 Å². The molecule has 0 spiro atoms. The van der Waals surface area contributed by atoms with Gasteiger partial charge in [0.05, 0.1) is 23.7 Å². The van der Waals surface area contributed by atoms with Gasteiger partial charge in [0.2, 0.25) is 5.96 Å². The van der Waals surface area contributed by atoms with E-state index in [2.05, 4.69) is 31.9 Å². The summed E-state index contributed by atoms with van der Waals surface area (Å²) in [5, 5.41) is 9.27. The molecule has 6 nitrogen and oxygen atoms in total. The van der Waals surface area contributed by atoms with E-state index in [0.29, 0.717) is 30.2 Å². The first-order chi connectivity index (χ1) is 11.6. The van der Waals surface area contributed by atoms with Crippen LogP contribution in [0.5, 0.6) is 0 Å². The molecule has 1 saturated heterocycles. The van der Waals surface area contributed by atoms with Crippen molar-refractivity contribution in [2.45, 2.75) is 18.9 Å². The van der Waals surface area contributed by atoms with E-state index in [1.54, 1.807) is 35.4 Å². The van der Waals surface area contributed by atoms with Crippen molar-refractivity contribution in [3.8, 4) is 6.07 Å². The summed E-state index contributed by atoms with van der Waals surface area (Å²) in [6.45, 7) is 1.89. The molecular weight excluding hydrogens is 370 g/mol. The summed E-state index contributed by atoms with van der Waals surface area (Å²) in [6, 6.07) is 9.00. The Morgan fingerprint density at radius 2 is 2.21 bits per heavy atom. The molecule has 24 heavy (non-hydrogen) atoms. The van der Waals surface area contributed by atoms with Gasteiger partial charge >= 0.3 is 0 Å². The summed E-state index contributed by atoms with van der Waals surface area (Å²) in [5.74, 6) is 0.376. The second kappa shape index (κ2) is 7.16. The van der Waals surface area contributed by atoms with Crippen LogP contribution >= 0.6 is 15.9 Å². The van der Waals surface area contributed by atoms with Crippen LogP contribution in [0.15, 0.2) is 39.9 Å². The SMILES string of the molecule is N#Cc1ccccc1C(=O)N1CC(Br)=CN=C1N1CCC[C@@H](N)C1. The number of nitrogens with two attached hydrogens (primary N) is 1. The normalized spacial score (nSPS) is 21.0. The van der Waals surface area contributed by atoms with E-state index in [9.17, 15) is 10.1 Å². The number of benzene rings is 1. The summed E-state index contributed by atoms with van der Waals surface area (Å²) >= 11 is 3.42. The van der Waals surface area contributed by atoms with Gasteiger partial charge in [-0.2, -0.15) is 5.26 Å².